The van der Waals surface area contributed by atoms with Crippen molar-refractivity contribution in [3.05, 3.63) is 123 Å². The average molecular weight is 701 g/mol. The first-order chi connectivity index (χ1) is 24.7. The summed E-state index contributed by atoms with van der Waals surface area (Å²) in [4.78, 5) is 0. The van der Waals surface area contributed by atoms with E-state index in [-0.39, 0.29) is 5.41 Å². The van der Waals surface area contributed by atoms with Gasteiger partial charge in [-0.25, -0.2) is 0 Å². The molecule has 4 aromatic carbocycles. The molecule has 0 aromatic heterocycles. The van der Waals surface area contributed by atoms with Gasteiger partial charge < -0.3 is 4.74 Å². The predicted octanol–water partition coefficient (Wildman–Crippen LogP) is 15.2. The summed E-state index contributed by atoms with van der Waals surface area (Å²) in [5, 5.41) is 0. The van der Waals surface area contributed by atoms with Gasteiger partial charge in [-0.05, 0) is 124 Å². The molecule has 0 heterocycles. The number of hydrogen-bond acceptors (Lipinski definition) is 1. The number of hydrogen-bond donors (Lipinski definition) is 0. The summed E-state index contributed by atoms with van der Waals surface area (Å²) < 4.78 is 6.39. The lowest BCUT2D eigenvalue weighted by molar-refractivity contribution is 0.275. The Balaban J connectivity index is 0.00000113. The number of fused-ring (bicyclic) bond motifs is 3. The van der Waals surface area contributed by atoms with E-state index in [1.54, 1.807) is 0 Å². The lowest BCUT2D eigenvalue weighted by Gasteiger charge is -2.37. The van der Waals surface area contributed by atoms with E-state index in [1.807, 2.05) is 0 Å². The van der Waals surface area contributed by atoms with Crippen molar-refractivity contribution in [2.75, 3.05) is 6.61 Å². The maximum absolute atomic E-state index is 6.39. The van der Waals surface area contributed by atoms with Crippen molar-refractivity contribution >= 4 is 0 Å². The first-order valence-corrected chi connectivity index (χ1v) is 20.8. The van der Waals surface area contributed by atoms with Gasteiger partial charge in [0.05, 0.1) is 12.0 Å². The van der Waals surface area contributed by atoms with E-state index in [4.69, 9.17) is 4.74 Å². The van der Waals surface area contributed by atoms with Crippen LogP contribution in [0.1, 0.15) is 172 Å². The number of benzene rings is 4. The molecular weight excluding hydrogens is 629 g/mol. The Kier molecular flexibility index (Phi) is 14.5. The third kappa shape index (κ3) is 9.24. The second-order valence-corrected chi connectivity index (χ2v) is 17.6. The van der Waals surface area contributed by atoms with Gasteiger partial charge >= 0.3 is 0 Å². The highest BCUT2D eigenvalue weighted by Gasteiger charge is 2.47. The summed E-state index contributed by atoms with van der Waals surface area (Å²) in [5.41, 5.74) is 13.4. The zero-order valence-electron chi connectivity index (χ0n) is 35.4. The molecule has 0 fully saturated rings. The van der Waals surface area contributed by atoms with E-state index in [0.29, 0.717) is 11.8 Å². The average Bonchev–Trinajstić information content (AvgIpc) is 3.42. The smallest absolute Gasteiger partial charge is 0.119 e. The summed E-state index contributed by atoms with van der Waals surface area (Å²) in [6, 6.07) is 30.9. The van der Waals surface area contributed by atoms with Crippen LogP contribution >= 0.6 is 0 Å². The van der Waals surface area contributed by atoms with Gasteiger partial charge in [-0.15, -0.1) is 0 Å². The summed E-state index contributed by atoms with van der Waals surface area (Å²) in [6.45, 7) is 30.7. The van der Waals surface area contributed by atoms with Gasteiger partial charge in [0, 0.05) is 0 Å². The van der Waals surface area contributed by atoms with Gasteiger partial charge in [-0.2, -0.15) is 0 Å². The van der Waals surface area contributed by atoms with Crippen LogP contribution in [0.25, 0.3) is 11.1 Å². The number of aryl methyl sites for hydroxylation is 2. The zero-order chi connectivity index (χ0) is 38.2. The third-order valence-corrected chi connectivity index (χ3v) is 12.3. The van der Waals surface area contributed by atoms with Gasteiger partial charge in [0.2, 0.25) is 0 Å². The van der Waals surface area contributed by atoms with E-state index < -0.39 is 5.41 Å². The molecule has 4 aromatic rings. The lowest BCUT2D eigenvalue weighted by Crippen LogP contribution is -2.30. The monoisotopic (exact) mass is 701 g/mol. The van der Waals surface area contributed by atoms with Gasteiger partial charge in [0.1, 0.15) is 5.75 Å². The maximum atomic E-state index is 6.39. The molecule has 0 N–H and O–H groups in total. The van der Waals surface area contributed by atoms with Gasteiger partial charge in [0.15, 0.2) is 0 Å². The molecule has 1 aliphatic rings. The minimum atomic E-state index is -0.423. The molecule has 0 bridgehead atoms. The molecule has 0 amide bonds. The molecular formula is C51H72O. The van der Waals surface area contributed by atoms with Crippen LogP contribution in [0.15, 0.2) is 78.9 Å². The largest absolute Gasteiger partial charge is 0.494 e. The zero-order valence-corrected chi connectivity index (χ0v) is 35.4. The minimum Gasteiger partial charge on any atom is -0.494 e. The fourth-order valence-corrected chi connectivity index (χ4v) is 7.60. The highest BCUT2D eigenvalue weighted by molar-refractivity contribution is 5.87. The Bertz CT molecular complexity index is 1720. The topological polar surface area (TPSA) is 9.23 Å². The highest BCUT2D eigenvalue weighted by Crippen LogP contribution is 2.58. The van der Waals surface area contributed by atoms with Crippen molar-refractivity contribution in [2.45, 2.75) is 152 Å². The van der Waals surface area contributed by atoms with Crippen molar-refractivity contribution in [1.29, 1.82) is 0 Å². The minimum absolute atomic E-state index is 0.0860. The Morgan fingerprint density at radius 1 is 0.635 bits per heavy atom. The Labute approximate surface area is 320 Å². The second kappa shape index (κ2) is 18.1. The van der Waals surface area contributed by atoms with Crippen LogP contribution in [0.2, 0.25) is 0 Å². The number of ether oxygens (including phenoxy) is 1. The molecule has 1 nitrogen and oxygen atoms in total. The predicted molar refractivity (Wildman–Crippen MR) is 228 cm³/mol. The fraction of sp³-hybridized carbons (Fsp3) is 0.529. The maximum Gasteiger partial charge on any atom is 0.119 e. The van der Waals surface area contributed by atoms with Crippen LogP contribution in [0, 0.1) is 31.6 Å². The molecule has 0 saturated heterocycles. The van der Waals surface area contributed by atoms with Crippen LogP contribution in [-0.4, -0.2) is 6.61 Å². The molecule has 52 heavy (non-hydrogen) atoms. The molecule has 0 saturated carbocycles. The Morgan fingerprint density at radius 2 is 1.27 bits per heavy atom. The second-order valence-electron chi connectivity index (χ2n) is 17.6. The summed E-state index contributed by atoms with van der Waals surface area (Å²) >= 11 is 0. The van der Waals surface area contributed by atoms with Crippen molar-refractivity contribution in [3.63, 3.8) is 0 Å². The van der Waals surface area contributed by atoms with Crippen LogP contribution < -0.4 is 4.74 Å². The molecule has 5 rings (SSSR count). The van der Waals surface area contributed by atoms with Crippen LogP contribution in [0.4, 0.5) is 0 Å². The van der Waals surface area contributed by atoms with Gasteiger partial charge in [0.25, 0.3) is 0 Å². The van der Waals surface area contributed by atoms with E-state index >= 15 is 0 Å². The number of rotatable bonds is 15. The van der Waals surface area contributed by atoms with Gasteiger partial charge in [-0.3, -0.25) is 0 Å². The van der Waals surface area contributed by atoms with E-state index in [2.05, 4.69) is 169 Å². The van der Waals surface area contributed by atoms with Crippen molar-refractivity contribution in [1.82, 2.24) is 0 Å². The fourth-order valence-electron chi connectivity index (χ4n) is 7.60. The lowest BCUT2D eigenvalue weighted by atomic mass is 9.65. The van der Waals surface area contributed by atoms with Crippen molar-refractivity contribution in [3.8, 4) is 16.9 Å². The first kappa shape index (κ1) is 41.4. The quantitative estimate of drug-likeness (QED) is 0.106. The molecule has 0 radical (unpaired) electrons. The summed E-state index contributed by atoms with van der Waals surface area (Å²) in [5.74, 6) is 3.82. The van der Waals surface area contributed by atoms with Gasteiger partial charge in [-0.1, -0.05) is 174 Å². The van der Waals surface area contributed by atoms with E-state index in [0.717, 1.165) is 43.5 Å². The van der Waals surface area contributed by atoms with Crippen molar-refractivity contribution in [2.24, 2.45) is 17.8 Å². The molecule has 3 atom stereocenters. The Hall–Kier alpha value is -3.32. The highest BCUT2D eigenvalue weighted by atomic mass is 16.5. The SMILES string of the molecule is CCC(C)C.CCC(C)c1ccc2c(c1)C(c1ccc(OCCC(C)CCCC(C)C)cc1)(c1cc(C)ccc1C)c1cc(C(C)(C)CC)ccc1-2. The molecule has 282 valence electrons. The first-order valence-electron chi connectivity index (χ1n) is 20.8. The molecule has 1 heteroatoms. The summed E-state index contributed by atoms with van der Waals surface area (Å²) in [7, 11) is 0. The molecule has 3 unspecified atom stereocenters. The molecule has 1 aliphatic carbocycles. The van der Waals surface area contributed by atoms with Crippen LogP contribution in [-0.2, 0) is 10.8 Å². The normalized spacial score (nSPS) is 16.3. The Morgan fingerprint density at radius 3 is 1.87 bits per heavy atom. The van der Waals surface area contributed by atoms with E-state index in [9.17, 15) is 0 Å². The molecule has 0 aliphatic heterocycles. The van der Waals surface area contributed by atoms with Crippen LogP contribution in [0.3, 0.4) is 0 Å². The van der Waals surface area contributed by atoms with Crippen LogP contribution in [0.5, 0.6) is 5.75 Å². The standard InChI is InChI=1S/C46H60O.C5H12/c1-11-34(7)36-18-24-40-41-25-21-38(45(9,10)12-2)30-44(41)46(43(40)29-36,42-28-33(6)16-17-35(42)8)37-19-22-39(23-20-37)47-27-26-32(5)15-13-14-31(3)4;1-4-5(2)3/h16-25,28-32,34H,11-15,26-27H2,1-10H3;5H,4H2,1-3H3. The molecule has 0 spiro atoms. The van der Waals surface area contributed by atoms with Crippen molar-refractivity contribution < 1.29 is 4.74 Å². The van der Waals surface area contributed by atoms with E-state index in [1.165, 1.54) is 81.3 Å². The summed E-state index contributed by atoms with van der Waals surface area (Å²) in [6.07, 6.45) is 8.54. The third-order valence-electron chi connectivity index (χ3n) is 12.3.